The van der Waals surface area contributed by atoms with Crippen molar-refractivity contribution in [3.05, 3.63) is 23.8 Å². The van der Waals surface area contributed by atoms with Crippen LogP contribution in [0, 0.1) is 0 Å². The van der Waals surface area contributed by atoms with Crippen LogP contribution in [0.15, 0.2) is 18.2 Å². The van der Waals surface area contributed by atoms with Crippen molar-refractivity contribution in [3.63, 3.8) is 0 Å². The number of likely N-dealkylation sites (tertiary alicyclic amines) is 1. The number of benzene rings is 1. The summed E-state index contributed by atoms with van der Waals surface area (Å²) in [6.45, 7) is 3.25. The number of carbonyl (C=O) groups is 2. The van der Waals surface area contributed by atoms with Gasteiger partial charge in [-0.3, -0.25) is 9.59 Å². The Kier molecular flexibility index (Phi) is 5.25. The van der Waals surface area contributed by atoms with Crippen LogP contribution in [-0.4, -0.2) is 50.1 Å². The number of hydrogen-bond donors (Lipinski definition) is 1. The molecule has 1 aromatic rings. The number of amides is 2. The molecule has 1 heterocycles. The molecule has 1 saturated heterocycles. The highest BCUT2D eigenvalue weighted by molar-refractivity contribution is 5.98. The van der Waals surface area contributed by atoms with Crippen molar-refractivity contribution in [2.24, 2.45) is 0 Å². The lowest BCUT2D eigenvalue weighted by molar-refractivity contribution is -0.131. The first-order chi connectivity index (χ1) is 10.6. The Morgan fingerprint density at radius 2 is 1.77 bits per heavy atom. The molecule has 1 fully saturated rings. The number of rotatable bonds is 5. The van der Waals surface area contributed by atoms with Gasteiger partial charge < -0.3 is 19.7 Å². The van der Waals surface area contributed by atoms with Crippen molar-refractivity contribution in [1.29, 1.82) is 0 Å². The number of nitrogens with one attached hydrogen (secondary N) is 1. The van der Waals surface area contributed by atoms with Crippen LogP contribution in [0.25, 0.3) is 0 Å². The van der Waals surface area contributed by atoms with Crippen molar-refractivity contribution in [2.75, 3.05) is 27.3 Å². The summed E-state index contributed by atoms with van der Waals surface area (Å²) in [5.74, 6) is 0.696. The summed E-state index contributed by atoms with van der Waals surface area (Å²) in [5, 5.41) is 2.74. The minimum absolute atomic E-state index is 0.0358. The van der Waals surface area contributed by atoms with E-state index in [1.165, 1.54) is 14.2 Å². The van der Waals surface area contributed by atoms with Gasteiger partial charge in [0.2, 0.25) is 5.91 Å². The van der Waals surface area contributed by atoms with E-state index >= 15 is 0 Å². The minimum Gasteiger partial charge on any atom is -0.493 e. The molecule has 1 aliphatic rings. The average Bonchev–Trinajstić information content (AvgIpc) is 3.07. The van der Waals surface area contributed by atoms with E-state index < -0.39 is 6.04 Å². The van der Waals surface area contributed by atoms with Gasteiger partial charge in [-0.25, -0.2) is 0 Å². The summed E-state index contributed by atoms with van der Waals surface area (Å²) in [6, 6.07) is 4.37. The Morgan fingerprint density at radius 3 is 2.36 bits per heavy atom. The molecule has 0 unspecified atom stereocenters. The maximum absolute atomic E-state index is 12.3. The Morgan fingerprint density at radius 1 is 1.14 bits per heavy atom. The van der Waals surface area contributed by atoms with Gasteiger partial charge in [-0.15, -0.1) is 0 Å². The number of nitrogens with zero attached hydrogens (tertiary/aromatic N) is 1. The summed E-state index contributed by atoms with van der Waals surface area (Å²) in [4.78, 5) is 26.3. The fraction of sp³-hybridized carbons (Fsp3) is 0.500. The first-order valence-corrected chi connectivity index (χ1v) is 7.38. The molecule has 120 valence electrons. The maximum Gasteiger partial charge on any atom is 0.252 e. The first-order valence-electron chi connectivity index (χ1n) is 7.38. The third-order valence-electron chi connectivity index (χ3n) is 3.78. The molecule has 2 rings (SSSR count). The molecule has 1 aromatic carbocycles. The average molecular weight is 306 g/mol. The molecule has 0 saturated carbocycles. The normalized spacial score (nSPS) is 15.3. The molecule has 0 bridgehead atoms. The molecule has 6 nitrogen and oxygen atoms in total. The van der Waals surface area contributed by atoms with Crippen molar-refractivity contribution >= 4 is 11.8 Å². The van der Waals surface area contributed by atoms with E-state index in [0.29, 0.717) is 17.1 Å². The van der Waals surface area contributed by atoms with Crippen molar-refractivity contribution in [3.8, 4) is 11.5 Å². The maximum atomic E-state index is 12.3. The van der Waals surface area contributed by atoms with E-state index in [0.717, 1.165) is 25.9 Å². The van der Waals surface area contributed by atoms with Gasteiger partial charge >= 0.3 is 0 Å². The van der Waals surface area contributed by atoms with E-state index in [2.05, 4.69) is 5.32 Å². The summed E-state index contributed by atoms with van der Waals surface area (Å²) < 4.78 is 10.3. The third kappa shape index (κ3) is 3.50. The zero-order valence-electron chi connectivity index (χ0n) is 13.2. The monoisotopic (exact) mass is 306 g/mol. The summed E-state index contributed by atoms with van der Waals surface area (Å²) in [5.41, 5.74) is 0.429. The molecule has 1 atom stereocenters. The Labute approximate surface area is 130 Å². The molecular weight excluding hydrogens is 284 g/mol. The van der Waals surface area contributed by atoms with Crippen LogP contribution in [0.5, 0.6) is 11.5 Å². The standard InChI is InChI=1S/C16H22N2O4/c1-11(16(20)18-8-4-5-9-18)17-15(19)12-6-7-13(21-2)14(10-12)22-3/h6-7,10-11H,4-5,8-9H2,1-3H3,(H,17,19)/t11-/m0/s1. The molecule has 6 heteroatoms. The topological polar surface area (TPSA) is 67.9 Å². The Balaban J connectivity index is 2.03. The number of methoxy groups -OCH3 is 2. The molecule has 2 amide bonds. The number of carbonyl (C=O) groups excluding carboxylic acids is 2. The fourth-order valence-electron chi connectivity index (χ4n) is 2.53. The quantitative estimate of drug-likeness (QED) is 0.894. The van der Waals surface area contributed by atoms with Gasteiger partial charge in [0.15, 0.2) is 11.5 Å². The molecule has 0 radical (unpaired) electrons. The zero-order chi connectivity index (χ0) is 16.1. The van der Waals surface area contributed by atoms with E-state index in [-0.39, 0.29) is 11.8 Å². The van der Waals surface area contributed by atoms with E-state index in [9.17, 15) is 9.59 Å². The fourth-order valence-corrected chi connectivity index (χ4v) is 2.53. The van der Waals surface area contributed by atoms with Crippen molar-refractivity contribution < 1.29 is 19.1 Å². The molecule has 0 aromatic heterocycles. The molecule has 1 aliphatic heterocycles. The largest absolute Gasteiger partial charge is 0.493 e. The molecular formula is C16H22N2O4. The highest BCUT2D eigenvalue weighted by Crippen LogP contribution is 2.27. The van der Waals surface area contributed by atoms with Gasteiger partial charge in [0.05, 0.1) is 14.2 Å². The summed E-state index contributed by atoms with van der Waals surface area (Å²) >= 11 is 0. The highest BCUT2D eigenvalue weighted by Gasteiger charge is 2.24. The molecule has 22 heavy (non-hydrogen) atoms. The predicted molar refractivity (Wildman–Crippen MR) is 82.3 cm³/mol. The number of ether oxygens (including phenoxy) is 2. The van der Waals surface area contributed by atoms with Gasteiger partial charge in [-0.1, -0.05) is 0 Å². The Hall–Kier alpha value is -2.24. The van der Waals surface area contributed by atoms with E-state index in [1.54, 1.807) is 30.0 Å². The van der Waals surface area contributed by atoms with Crippen LogP contribution >= 0.6 is 0 Å². The lowest BCUT2D eigenvalue weighted by Gasteiger charge is -2.21. The zero-order valence-corrected chi connectivity index (χ0v) is 13.2. The van der Waals surface area contributed by atoms with Crippen LogP contribution in [0.4, 0.5) is 0 Å². The summed E-state index contributed by atoms with van der Waals surface area (Å²) in [6.07, 6.45) is 2.06. The van der Waals surface area contributed by atoms with Gasteiger partial charge in [0.1, 0.15) is 6.04 Å². The summed E-state index contributed by atoms with van der Waals surface area (Å²) in [7, 11) is 3.05. The predicted octanol–water partition coefficient (Wildman–Crippen LogP) is 1.44. The second-order valence-corrected chi connectivity index (χ2v) is 5.30. The van der Waals surface area contributed by atoms with Gasteiger partial charge in [-0.2, -0.15) is 0 Å². The van der Waals surface area contributed by atoms with Crippen LogP contribution < -0.4 is 14.8 Å². The first kappa shape index (κ1) is 16.1. The second kappa shape index (κ2) is 7.15. The van der Waals surface area contributed by atoms with Gasteiger partial charge in [-0.05, 0) is 38.0 Å². The van der Waals surface area contributed by atoms with Crippen molar-refractivity contribution in [2.45, 2.75) is 25.8 Å². The van der Waals surface area contributed by atoms with Crippen LogP contribution in [0.2, 0.25) is 0 Å². The lowest BCUT2D eigenvalue weighted by atomic mass is 10.1. The number of hydrogen-bond acceptors (Lipinski definition) is 4. The SMILES string of the molecule is COc1ccc(C(=O)N[C@@H](C)C(=O)N2CCCC2)cc1OC. The van der Waals surface area contributed by atoms with Gasteiger partial charge in [0.25, 0.3) is 5.91 Å². The highest BCUT2D eigenvalue weighted by atomic mass is 16.5. The van der Waals surface area contributed by atoms with Crippen LogP contribution in [-0.2, 0) is 4.79 Å². The minimum atomic E-state index is -0.543. The van der Waals surface area contributed by atoms with Crippen LogP contribution in [0.3, 0.4) is 0 Å². The van der Waals surface area contributed by atoms with E-state index in [1.807, 2.05) is 0 Å². The molecule has 1 N–H and O–H groups in total. The van der Waals surface area contributed by atoms with Crippen LogP contribution in [0.1, 0.15) is 30.1 Å². The van der Waals surface area contributed by atoms with Crippen molar-refractivity contribution in [1.82, 2.24) is 10.2 Å². The van der Waals surface area contributed by atoms with E-state index in [4.69, 9.17) is 9.47 Å². The smallest absolute Gasteiger partial charge is 0.252 e. The molecule has 0 spiro atoms. The second-order valence-electron chi connectivity index (χ2n) is 5.30. The van der Waals surface area contributed by atoms with Gasteiger partial charge in [0, 0.05) is 18.7 Å². The third-order valence-corrected chi connectivity index (χ3v) is 3.78. The lowest BCUT2D eigenvalue weighted by Crippen LogP contribution is -2.45. The Bertz CT molecular complexity index is 553. The molecule has 0 aliphatic carbocycles.